The van der Waals surface area contributed by atoms with Gasteiger partial charge in [-0.3, -0.25) is 0 Å². The standard InChI is InChI=1S/C12H17NO3/c1-4-16-11(15)12(2,13-3)9-6-5-7-10(14)8-9/h5-8,13-14H,4H2,1-3H3. The van der Waals surface area contributed by atoms with Gasteiger partial charge in [0.2, 0.25) is 0 Å². The molecule has 88 valence electrons. The molecule has 16 heavy (non-hydrogen) atoms. The van der Waals surface area contributed by atoms with Gasteiger partial charge in [0.25, 0.3) is 0 Å². The highest BCUT2D eigenvalue weighted by Crippen LogP contribution is 2.25. The number of hydrogen-bond acceptors (Lipinski definition) is 4. The fourth-order valence-corrected chi connectivity index (χ4v) is 1.46. The molecule has 0 heterocycles. The van der Waals surface area contributed by atoms with Crippen LogP contribution < -0.4 is 5.32 Å². The molecule has 2 N–H and O–H groups in total. The number of aromatic hydroxyl groups is 1. The molecule has 0 aliphatic rings. The van der Waals surface area contributed by atoms with Gasteiger partial charge in [-0.1, -0.05) is 12.1 Å². The SMILES string of the molecule is CCOC(=O)C(C)(NC)c1cccc(O)c1. The van der Waals surface area contributed by atoms with E-state index in [0.29, 0.717) is 12.2 Å². The molecule has 1 aromatic rings. The van der Waals surface area contributed by atoms with E-state index in [0.717, 1.165) is 0 Å². The highest BCUT2D eigenvalue weighted by atomic mass is 16.5. The Morgan fingerprint density at radius 2 is 2.25 bits per heavy atom. The molecule has 1 atom stereocenters. The van der Waals surface area contributed by atoms with E-state index < -0.39 is 5.54 Å². The molecule has 0 fully saturated rings. The molecular formula is C12H17NO3. The first kappa shape index (κ1) is 12.5. The van der Waals surface area contributed by atoms with E-state index in [2.05, 4.69) is 5.32 Å². The number of likely N-dealkylation sites (N-methyl/N-ethyl adjacent to an activating group) is 1. The zero-order valence-corrected chi connectivity index (χ0v) is 9.78. The van der Waals surface area contributed by atoms with Gasteiger partial charge in [-0.15, -0.1) is 0 Å². The summed E-state index contributed by atoms with van der Waals surface area (Å²) < 4.78 is 5.01. The van der Waals surface area contributed by atoms with Gasteiger partial charge >= 0.3 is 5.97 Å². The topological polar surface area (TPSA) is 58.6 Å². The van der Waals surface area contributed by atoms with Crippen LogP contribution in [0.3, 0.4) is 0 Å². The zero-order chi connectivity index (χ0) is 12.2. The number of carbonyl (C=O) groups excluding carboxylic acids is 1. The second-order valence-corrected chi connectivity index (χ2v) is 3.65. The number of nitrogens with one attached hydrogen (secondary N) is 1. The van der Waals surface area contributed by atoms with Crippen molar-refractivity contribution in [2.24, 2.45) is 0 Å². The zero-order valence-electron chi connectivity index (χ0n) is 9.78. The molecule has 0 aromatic heterocycles. The summed E-state index contributed by atoms with van der Waals surface area (Å²) in [5.74, 6) is -0.230. The van der Waals surface area contributed by atoms with Crippen LogP contribution in [0.1, 0.15) is 19.4 Å². The molecular weight excluding hydrogens is 206 g/mol. The lowest BCUT2D eigenvalue weighted by Crippen LogP contribution is -2.45. The van der Waals surface area contributed by atoms with Crippen molar-refractivity contribution < 1.29 is 14.6 Å². The van der Waals surface area contributed by atoms with Gasteiger partial charge in [0.05, 0.1) is 6.61 Å². The first-order chi connectivity index (χ1) is 7.54. The normalized spacial score (nSPS) is 14.2. The highest BCUT2D eigenvalue weighted by Gasteiger charge is 2.35. The Morgan fingerprint density at radius 1 is 1.56 bits per heavy atom. The van der Waals surface area contributed by atoms with E-state index >= 15 is 0 Å². The summed E-state index contributed by atoms with van der Waals surface area (Å²) in [6.45, 7) is 3.81. The molecule has 1 unspecified atom stereocenters. The fourth-order valence-electron chi connectivity index (χ4n) is 1.46. The number of rotatable bonds is 4. The van der Waals surface area contributed by atoms with Crippen LogP contribution in [0.15, 0.2) is 24.3 Å². The Bertz CT molecular complexity index is 378. The Balaban J connectivity index is 3.09. The number of benzene rings is 1. The van der Waals surface area contributed by atoms with Crippen molar-refractivity contribution in [1.29, 1.82) is 0 Å². The van der Waals surface area contributed by atoms with Crippen LogP contribution in [0.4, 0.5) is 0 Å². The van der Waals surface area contributed by atoms with E-state index in [4.69, 9.17) is 4.74 Å². The third-order valence-electron chi connectivity index (χ3n) is 2.61. The first-order valence-electron chi connectivity index (χ1n) is 5.20. The Morgan fingerprint density at radius 3 is 2.75 bits per heavy atom. The molecule has 0 bridgehead atoms. The van der Waals surface area contributed by atoms with E-state index in [1.807, 2.05) is 0 Å². The lowest BCUT2D eigenvalue weighted by atomic mass is 9.92. The van der Waals surface area contributed by atoms with E-state index in [9.17, 15) is 9.90 Å². The average molecular weight is 223 g/mol. The molecule has 0 saturated heterocycles. The molecule has 0 aliphatic carbocycles. The van der Waals surface area contributed by atoms with Crippen LogP contribution in [-0.2, 0) is 15.1 Å². The van der Waals surface area contributed by atoms with Gasteiger partial charge in [0.1, 0.15) is 11.3 Å². The summed E-state index contributed by atoms with van der Waals surface area (Å²) in [7, 11) is 1.68. The summed E-state index contributed by atoms with van der Waals surface area (Å²) >= 11 is 0. The molecule has 0 amide bonds. The van der Waals surface area contributed by atoms with Gasteiger partial charge in [-0.2, -0.15) is 0 Å². The monoisotopic (exact) mass is 223 g/mol. The first-order valence-corrected chi connectivity index (χ1v) is 5.20. The predicted octanol–water partition coefficient (Wildman–Crippen LogP) is 1.39. The maximum absolute atomic E-state index is 11.8. The quantitative estimate of drug-likeness (QED) is 0.757. The van der Waals surface area contributed by atoms with E-state index in [-0.39, 0.29) is 11.7 Å². The van der Waals surface area contributed by atoms with Crippen LogP contribution in [0.2, 0.25) is 0 Å². The molecule has 0 aliphatic heterocycles. The maximum Gasteiger partial charge on any atom is 0.330 e. The Kier molecular flexibility index (Phi) is 3.90. The fraction of sp³-hybridized carbons (Fsp3) is 0.417. The molecule has 4 heteroatoms. The maximum atomic E-state index is 11.8. The average Bonchev–Trinajstić information content (AvgIpc) is 2.28. The van der Waals surface area contributed by atoms with E-state index in [1.54, 1.807) is 45.2 Å². The van der Waals surface area contributed by atoms with Crippen molar-refractivity contribution >= 4 is 5.97 Å². The summed E-state index contributed by atoms with van der Waals surface area (Å²) in [5.41, 5.74) is -0.261. The summed E-state index contributed by atoms with van der Waals surface area (Å²) in [4.78, 5) is 11.8. The number of esters is 1. The van der Waals surface area contributed by atoms with Gasteiger partial charge in [-0.05, 0) is 38.6 Å². The van der Waals surface area contributed by atoms with Crippen LogP contribution in [0.5, 0.6) is 5.75 Å². The molecule has 1 rings (SSSR count). The number of carbonyl (C=O) groups is 1. The number of phenols is 1. The van der Waals surface area contributed by atoms with Crippen molar-refractivity contribution in [3.05, 3.63) is 29.8 Å². The molecule has 0 saturated carbocycles. The van der Waals surface area contributed by atoms with Crippen LogP contribution in [-0.4, -0.2) is 24.7 Å². The van der Waals surface area contributed by atoms with E-state index in [1.165, 1.54) is 0 Å². The lowest BCUT2D eigenvalue weighted by molar-refractivity contribution is -0.150. The number of hydrogen-bond donors (Lipinski definition) is 2. The van der Waals surface area contributed by atoms with Crippen LogP contribution in [0, 0.1) is 0 Å². The third kappa shape index (κ3) is 2.33. The number of phenolic OH excluding ortho intramolecular Hbond substituents is 1. The van der Waals surface area contributed by atoms with Gasteiger partial charge in [0, 0.05) is 0 Å². The Labute approximate surface area is 95.2 Å². The smallest absolute Gasteiger partial charge is 0.330 e. The lowest BCUT2D eigenvalue weighted by Gasteiger charge is -2.27. The van der Waals surface area contributed by atoms with Crippen molar-refractivity contribution in [2.45, 2.75) is 19.4 Å². The minimum Gasteiger partial charge on any atom is -0.508 e. The minimum absolute atomic E-state index is 0.128. The van der Waals surface area contributed by atoms with Crippen molar-refractivity contribution in [3.63, 3.8) is 0 Å². The van der Waals surface area contributed by atoms with Gasteiger partial charge < -0.3 is 15.2 Å². The van der Waals surface area contributed by atoms with Crippen LogP contribution >= 0.6 is 0 Å². The second-order valence-electron chi connectivity index (χ2n) is 3.65. The third-order valence-corrected chi connectivity index (χ3v) is 2.61. The molecule has 0 radical (unpaired) electrons. The largest absolute Gasteiger partial charge is 0.508 e. The predicted molar refractivity (Wildman–Crippen MR) is 61.2 cm³/mol. The summed E-state index contributed by atoms with van der Waals surface area (Å²) in [6.07, 6.45) is 0. The van der Waals surface area contributed by atoms with Gasteiger partial charge in [0.15, 0.2) is 0 Å². The Hall–Kier alpha value is -1.55. The van der Waals surface area contributed by atoms with Crippen molar-refractivity contribution in [1.82, 2.24) is 5.32 Å². The molecule has 4 nitrogen and oxygen atoms in total. The highest BCUT2D eigenvalue weighted by molar-refractivity contribution is 5.82. The summed E-state index contributed by atoms with van der Waals surface area (Å²) in [5, 5.41) is 12.3. The second kappa shape index (κ2) is 4.99. The molecule has 1 aromatic carbocycles. The van der Waals surface area contributed by atoms with Crippen molar-refractivity contribution in [2.75, 3.05) is 13.7 Å². The van der Waals surface area contributed by atoms with Gasteiger partial charge in [-0.25, -0.2) is 4.79 Å². The number of ether oxygens (including phenoxy) is 1. The van der Waals surface area contributed by atoms with Crippen LogP contribution in [0.25, 0.3) is 0 Å². The summed E-state index contributed by atoms with van der Waals surface area (Å²) in [6, 6.07) is 6.57. The minimum atomic E-state index is -0.936. The molecule has 0 spiro atoms. The van der Waals surface area contributed by atoms with Crippen molar-refractivity contribution in [3.8, 4) is 5.75 Å².